The van der Waals surface area contributed by atoms with E-state index in [0.717, 1.165) is 17.8 Å². The van der Waals surface area contributed by atoms with Crippen molar-refractivity contribution in [2.24, 2.45) is 10.2 Å². The molecule has 1 aliphatic rings. The van der Waals surface area contributed by atoms with Crippen LogP contribution in [0.15, 0.2) is 64.8 Å². The minimum atomic E-state index is -0.854. The number of nitro groups is 2. The van der Waals surface area contributed by atoms with Crippen LogP contribution in [0.4, 0.5) is 28.4 Å². The number of hydrogen-bond donors (Lipinski definition) is 0. The zero-order chi connectivity index (χ0) is 29.1. The largest absolute Gasteiger partial charge is 0.367 e. The lowest BCUT2D eigenvalue weighted by molar-refractivity contribution is -0.393. The van der Waals surface area contributed by atoms with Crippen LogP contribution in [0.1, 0.15) is 45.7 Å². The molecule has 3 aromatic rings. The fraction of sp³-hybridized carbons (Fsp3) is 0.222. The van der Waals surface area contributed by atoms with Crippen LogP contribution < -0.4 is 4.90 Å². The maximum Gasteiger partial charge on any atom is 0.304 e. The molecule has 1 atom stereocenters. The van der Waals surface area contributed by atoms with Gasteiger partial charge in [-0.05, 0) is 56.7 Å². The molecule has 0 saturated heterocycles. The van der Waals surface area contributed by atoms with Crippen molar-refractivity contribution >= 4 is 40.3 Å². The molecule has 0 bridgehead atoms. The summed E-state index contributed by atoms with van der Waals surface area (Å²) < 4.78 is 0. The lowest BCUT2D eigenvalue weighted by Gasteiger charge is -2.32. The first-order valence-electron chi connectivity index (χ1n) is 12.2. The number of imide groups is 1. The van der Waals surface area contributed by atoms with Gasteiger partial charge in [-0.1, -0.05) is 12.1 Å². The van der Waals surface area contributed by atoms with Crippen molar-refractivity contribution in [2.75, 3.05) is 18.0 Å². The average molecular weight is 542 g/mol. The van der Waals surface area contributed by atoms with Gasteiger partial charge in [-0.2, -0.15) is 5.26 Å². The quantitative estimate of drug-likeness (QED) is 0.145. The molecule has 0 aliphatic carbocycles. The van der Waals surface area contributed by atoms with Gasteiger partial charge in [-0.15, -0.1) is 10.2 Å². The molecule has 202 valence electrons. The number of non-ortho nitro benzene ring substituents is 1. The highest BCUT2D eigenvalue weighted by Gasteiger charge is 2.36. The number of nitro benzene ring substituents is 2. The summed E-state index contributed by atoms with van der Waals surface area (Å²) in [6, 6.07) is 15.1. The molecule has 1 aliphatic heterocycles. The molecule has 0 radical (unpaired) electrons. The highest BCUT2D eigenvalue weighted by atomic mass is 16.6. The third-order valence-corrected chi connectivity index (χ3v) is 6.57. The van der Waals surface area contributed by atoms with Crippen molar-refractivity contribution in [3.8, 4) is 6.07 Å². The number of azo groups is 1. The van der Waals surface area contributed by atoms with Crippen LogP contribution in [0, 0.1) is 38.5 Å². The standard InChI is InChI=1S/C27H23N7O6/c1-4-31(17(3)15-32-26(35)21-7-5-6-8-22(21)27(32)36)19-9-10-23(16(2)11-19)29-30-25-18(14-28)12-20(33(37)38)13-24(25)34(39)40/h5-13,17H,4,15H2,1-3H3. The first-order chi connectivity index (χ1) is 19.1. The summed E-state index contributed by atoms with van der Waals surface area (Å²) >= 11 is 0. The van der Waals surface area contributed by atoms with Crippen LogP contribution in [0.5, 0.6) is 0 Å². The van der Waals surface area contributed by atoms with Crippen molar-refractivity contribution in [2.45, 2.75) is 26.8 Å². The van der Waals surface area contributed by atoms with Crippen molar-refractivity contribution in [1.82, 2.24) is 4.90 Å². The number of carbonyl (C=O) groups is 2. The van der Waals surface area contributed by atoms with E-state index in [0.29, 0.717) is 28.9 Å². The Morgan fingerprint density at radius 2 is 1.65 bits per heavy atom. The first-order valence-corrected chi connectivity index (χ1v) is 12.2. The zero-order valence-electron chi connectivity index (χ0n) is 21.8. The molecule has 0 fully saturated rings. The second-order valence-electron chi connectivity index (χ2n) is 9.06. The number of amides is 2. The molecule has 0 aromatic heterocycles. The van der Waals surface area contributed by atoms with E-state index in [1.54, 1.807) is 49.4 Å². The van der Waals surface area contributed by atoms with Crippen molar-refractivity contribution in [1.29, 1.82) is 5.26 Å². The van der Waals surface area contributed by atoms with Gasteiger partial charge < -0.3 is 4.90 Å². The van der Waals surface area contributed by atoms with Crippen LogP contribution in [-0.4, -0.2) is 45.7 Å². The second kappa shape index (κ2) is 11.1. The van der Waals surface area contributed by atoms with E-state index in [1.165, 1.54) is 4.90 Å². The molecule has 40 heavy (non-hydrogen) atoms. The fourth-order valence-electron chi connectivity index (χ4n) is 4.59. The van der Waals surface area contributed by atoms with Gasteiger partial charge in [0, 0.05) is 30.9 Å². The third kappa shape index (κ3) is 5.10. The summed E-state index contributed by atoms with van der Waals surface area (Å²) in [5, 5.41) is 40.0. The molecule has 2 amide bonds. The summed E-state index contributed by atoms with van der Waals surface area (Å²) in [5.41, 5.74) is 0.564. The summed E-state index contributed by atoms with van der Waals surface area (Å²) in [5.74, 6) is -0.653. The number of fused-ring (bicyclic) bond motifs is 1. The summed E-state index contributed by atoms with van der Waals surface area (Å²) in [6.07, 6.45) is 0. The Hall–Kier alpha value is -5.51. The summed E-state index contributed by atoms with van der Waals surface area (Å²) in [4.78, 5) is 49.8. The molecular formula is C27H23N7O6. The van der Waals surface area contributed by atoms with Gasteiger partial charge in [0.1, 0.15) is 6.07 Å². The van der Waals surface area contributed by atoms with Gasteiger partial charge in [0.15, 0.2) is 5.69 Å². The third-order valence-electron chi connectivity index (χ3n) is 6.57. The number of carbonyl (C=O) groups excluding carboxylic acids is 2. The number of nitriles is 1. The molecule has 13 nitrogen and oxygen atoms in total. The molecule has 0 spiro atoms. The number of rotatable bonds is 9. The Morgan fingerprint density at radius 3 is 2.17 bits per heavy atom. The molecular weight excluding hydrogens is 518 g/mol. The Bertz CT molecular complexity index is 1590. The number of benzene rings is 3. The normalized spacial score (nSPS) is 13.3. The van der Waals surface area contributed by atoms with Crippen LogP contribution in [0.2, 0.25) is 0 Å². The Labute approximate surface area is 228 Å². The highest BCUT2D eigenvalue weighted by molar-refractivity contribution is 6.21. The molecule has 4 rings (SSSR count). The fourth-order valence-corrected chi connectivity index (χ4v) is 4.59. The van der Waals surface area contributed by atoms with E-state index >= 15 is 0 Å². The predicted molar refractivity (Wildman–Crippen MR) is 144 cm³/mol. The van der Waals surface area contributed by atoms with Gasteiger partial charge in [-0.25, -0.2) is 0 Å². The van der Waals surface area contributed by atoms with Crippen LogP contribution in [-0.2, 0) is 0 Å². The van der Waals surface area contributed by atoms with E-state index in [2.05, 4.69) is 10.2 Å². The maximum absolute atomic E-state index is 12.8. The summed E-state index contributed by atoms with van der Waals surface area (Å²) in [6.45, 7) is 6.37. The van der Waals surface area contributed by atoms with Gasteiger partial charge in [0.25, 0.3) is 17.5 Å². The van der Waals surface area contributed by atoms with E-state index in [4.69, 9.17) is 0 Å². The zero-order valence-corrected chi connectivity index (χ0v) is 21.8. The number of nitrogens with zero attached hydrogens (tertiary/aromatic N) is 7. The predicted octanol–water partition coefficient (Wildman–Crippen LogP) is 5.61. The smallest absolute Gasteiger partial charge is 0.304 e. The minimum absolute atomic E-state index is 0.182. The van der Waals surface area contributed by atoms with Gasteiger partial charge in [0.2, 0.25) is 0 Å². The van der Waals surface area contributed by atoms with Gasteiger partial charge in [0.05, 0.1) is 38.3 Å². The monoisotopic (exact) mass is 541 g/mol. The molecule has 0 saturated carbocycles. The van der Waals surface area contributed by atoms with E-state index in [-0.39, 0.29) is 35.7 Å². The minimum Gasteiger partial charge on any atom is -0.367 e. The lowest BCUT2D eigenvalue weighted by atomic mass is 10.1. The molecule has 1 unspecified atom stereocenters. The van der Waals surface area contributed by atoms with Crippen molar-refractivity contribution in [3.05, 3.63) is 97.1 Å². The molecule has 3 aromatic carbocycles. The highest BCUT2D eigenvalue weighted by Crippen LogP contribution is 2.37. The Balaban J connectivity index is 1.58. The topological polar surface area (TPSA) is 175 Å². The number of hydrogen-bond acceptors (Lipinski definition) is 10. The van der Waals surface area contributed by atoms with Crippen LogP contribution in [0.3, 0.4) is 0 Å². The van der Waals surface area contributed by atoms with Crippen molar-refractivity contribution in [3.63, 3.8) is 0 Å². The molecule has 13 heteroatoms. The number of likely N-dealkylation sites (N-methyl/N-ethyl adjacent to an activating group) is 1. The average Bonchev–Trinajstić information content (AvgIpc) is 3.17. The lowest BCUT2D eigenvalue weighted by Crippen LogP contribution is -2.44. The van der Waals surface area contributed by atoms with E-state index in [9.17, 15) is 35.1 Å². The first kappa shape index (κ1) is 27.5. The van der Waals surface area contributed by atoms with Gasteiger partial charge in [-0.3, -0.25) is 34.7 Å². The van der Waals surface area contributed by atoms with Crippen LogP contribution in [0.25, 0.3) is 0 Å². The molecule has 0 N–H and O–H groups in total. The Kier molecular flexibility index (Phi) is 7.62. The maximum atomic E-state index is 12.8. The number of aryl methyl sites for hydroxylation is 1. The summed E-state index contributed by atoms with van der Waals surface area (Å²) in [7, 11) is 0. The van der Waals surface area contributed by atoms with Gasteiger partial charge >= 0.3 is 5.69 Å². The van der Waals surface area contributed by atoms with E-state index in [1.807, 2.05) is 24.8 Å². The van der Waals surface area contributed by atoms with E-state index < -0.39 is 21.2 Å². The van der Waals surface area contributed by atoms with Crippen LogP contribution >= 0.6 is 0 Å². The van der Waals surface area contributed by atoms with Crippen molar-refractivity contribution < 1.29 is 19.4 Å². The second-order valence-corrected chi connectivity index (χ2v) is 9.06. The Morgan fingerprint density at radius 1 is 1.00 bits per heavy atom. The number of anilines is 1. The SMILES string of the molecule is CCN(c1ccc(N=Nc2c(C#N)cc([N+](=O)[O-])cc2[N+](=O)[O-])c(C)c1)C(C)CN1C(=O)c2ccccc2C1=O. The molecule has 1 heterocycles.